The van der Waals surface area contributed by atoms with E-state index in [0.717, 1.165) is 41.3 Å². The van der Waals surface area contributed by atoms with Gasteiger partial charge >= 0.3 is 0 Å². The maximum Gasteiger partial charge on any atom is 0.251 e. The molecule has 0 spiro atoms. The van der Waals surface area contributed by atoms with Crippen molar-refractivity contribution in [2.75, 3.05) is 36.9 Å². The zero-order valence-corrected chi connectivity index (χ0v) is 25.3. The van der Waals surface area contributed by atoms with Crippen molar-refractivity contribution in [2.24, 2.45) is 0 Å². The summed E-state index contributed by atoms with van der Waals surface area (Å²) in [5.41, 5.74) is 3.58. The molecule has 2 aliphatic heterocycles. The van der Waals surface area contributed by atoms with E-state index in [1.807, 2.05) is 48.9 Å². The van der Waals surface area contributed by atoms with Crippen molar-refractivity contribution >= 4 is 44.1 Å². The number of carbonyl (C=O) groups excluding carboxylic acids is 1. The van der Waals surface area contributed by atoms with Crippen molar-refractivity contribution in [3.05, 3.63) is 64.3 Å². The molecule has 1 aromatic heterocycles. The quantitative estimate of drug-likeness (QED) is 0.345. The van der Waals surface area contributed by atoms with E-state index < -0.39 is 22.2 Å². The molecule has 5 rings (SSSR count). The lowest BCUT2D eigenvalue weighted by Crippen LogP contribution is -2.51. The van der Waals surface area contributed by atoms with Gasteiger partial charge in [0.25, 0.3) is 5.91 Å². The molecule has 0 radical (unpaired) electrons. The summed E-state index contributed by atoms with van der Waals surface area (Å²) in [7, 11) is -2.00. The summed E-state index contributed by atoms with van der Waals surface area (Å²) in [6, 6.07) is 10.5. The molecule has 3 atom stereocenters. The summed E-state index contributed by atoms with van der Waals surface area (Å²) in [6.07, 6.45) is 3.57. The van der Waals surface area contributed by atoms with Gasteiger partial charge in [0.05, 0.1) is 29.1 Å². The Balaban J connectivity index is 1.48. The number of carbonyl (C=O) groups is 1. The van der Waals surface area contributed by atoms with E-state index >= 15 is 0 Å². The number of halogens is 1. The van der Waals surface area contributed by atoms with Gasteiger partial charge in [-0.2, -0.15) is 0 Å². The number of aryl methyl sites for hydroxylation is 2. The fourth-order valence-corrected chi connectivity index (χ4v) is 7.26. The lowest BCUT2D eigenvalue weighted by molar-refractivity contribution is 0.0634. The van der Waals surface area contributed by atoms with E-state index in [-0.39, 0.29) is 23.6 Å². The van der Waals surface area contributed by atoms with E-state index in [1.54, 1.807) is 12.1 Å². The zero-order valence-electron chi connectivity index (χ0n) is 23.8. The lowest BCUT2D eigenvalue weighted by atomic mass is 9.89. The highest BCUT2D eigenvalue weighted by Gasteiger charge is 2.32. The Morgan fingerprint density at radius 1 is 1.22 bits per heavy atom. The monoisotopic (exact) mass is 602 g/mol. The molecule has 2 aromatic carbocycles. The standard InChI is InChI=1S/C30H39ClN4O5S/c1-4-20-18-35-10-13-41(38,39)34(3)26-16-22(15-25(20)29(26)35)30(37)33-28(19(2)21-6-5-7-23(31)14-21)27(36)17-32-24-8-11-40-12-9-24/h5-7,14-16,18-19,24,27-28,32,36H,4,8-13,17H2,1-3H3,(H,33,37)/t19-,27?,28?/m0/s1. The number of benzene rings is 2. The third-order valence-corrected chi connectivity index (χ3v) is 10.5. The van der Waals surface area contributed by atoms with Gasteiger partial charge in [0.15, 0.2) is 0 Å². The molecule has 3 aromatic rings. The summed E-state index contributed by atoms with van der Waals surface area (Å²) in [5.74, 6) is -0.653. The van der Waals surface area contributed by atoms with Crippen molar-refractivity contribution in [3.63, 3.8) is 0 Å². The molecule has 1 amide bonds. The normalized spacial score (nSPS) is 19.5. The van der Waals surface area contributed by atoms with Gasteiger partial charge in [0, 0.05) is 67.5 Å². The zero-order chi connectivity index (χ0) is 29.3. The molecule has 3 N–H and O–H groups in total. The number of hydrogen-bond donors (Lipinski definition) is 3. The van der Waals surface area contributed by atoms with E-state index in [0.29, 0.717) is 42.6 Å². The number of aliphatic hydroxyl groups is 1. The SMILES string of the molecule is CCc1cn2c3c(cc(C(=O)NC(C(O)CNC4CCOCC4)[C@@H](C)c4cccc(Cl)c4)cc13)N(C)S(=O)(=O)CC2. The Labute approximate surface area is 246 Å². The molecule has 1 saturated heterocycles. The predicted molar refractivity (Wildman–Crippen MR) is 162 cm³/mol. The van der Waals surface area contributed by atoms with Crippen LogP contribution in [-0.2, 0) is 27.7 Å². The van der Waals surface area contributed by atoms with Gasteiger partial charge in [-0.3, -0.25) is 9.10 Å². The smallest absolute Gasteiger partial charge is 0.251 e. The Kier molecular flexibility index (Phi) is 8.96. The minimum absolute atomic E-state index is 0.0157. The first kappa shape index (κ1) is 29.8. The summed E-state index contributed by atoms with van der Waals surface area (Å²) < 4.78 is 34.6. The molecule has 0 saturated carbocycles. The first-order valence-corrected chi connectivity index (χ1v) is 16.3. The number of nitrogens with zero attached hydrogens (tertiary/aromatic N) is 2. The molecule has 2 unspecified atom stereocenters. The molecule has 3 heterocycles. The fraction of sp³-hybridized carbons (Fsp3) is 0.500. The van der Waals surface area contributed by atoms with Crippen molar-refractivity contribution in [1.82, 2.24) is 15.2 Å². The lowest BCUT2D eigenvalue weighted by Gasteiger charge is -2.32. The van der Waals surface area contributed by atoms with Crippen LogP contribution in [0.5, 0.6) is 0 Å². The molecule has 1 fully saturated rings. The Morgan fingerprint density at radius 2 is 1.98 bits per heavy atom. The number of aliphatic hydroxyl groups excluding tert-OH is 1. The summed E-state index contributed by atoms with van der Waals surface area (Å²) in [5, 5.41) is 19.4. The highest BCUT2D eigenvalue weighted by Crippen LogP contribution is 2.36. The van der Waals surface area contributed by atoms with Gasteiger partial charge < -0.3 is 25.0 Å². The van der Waals surface area contributed by atoms with E-state index in [2.05, 4.69) is 10.6 Å². The average Bonchev–Trinajstić information content (AvgIpc) is 3.30. The number of hydrogen-bond acceptors (Lipinski definition) is 6. The molecule has 9 nitrogen and oxygen atoms in total. The first-order chi connectivity index (χ1) is 19.6. The van der Waals surface area contributed by atoms with Crippen molar-refractivity contribution in [1.29, 1.82) is 0 Å². The van der Waals surface area contributed by atoms with E-state index in [1.165, 1.54) is 11.4 Å². The van der Waals surface area contributed by atoms with Gasteiger partial charge in [0.2, 0.25) is 10.0 Å². The average molecular weight is 603 g/mol. The van der Waals surface area contributed by atoms with Crippen LogP contribution in [0, 0.1) is 0 Å². The number of aromatic nitrogens is 1. The van der Waals surface area contributed by atoms with Crippen LogP contribution in [0.1, 0.15) is 54.1 Å². The maximum absolute atomic E-state index is 13.9. The van der Waals surface area contributed by atoms with Crippen LogP contribution in [0.4, 0.5) is 5.69 Å². The van der Waals surface area contributed by atoms with Crippen LogP contribution in [0.15, 0.2) is 42.6 Å². The van der Waals surface area contributed by atoms with Gasteiger partial charge in [-0.05, 0) is 54.7 Å². The van der Waals surface area contributed by atoms with Gasteiger partial charge in [-0.1, -0.05) is 37.6 Å². The molecule has 11 heteroatoms. The third-order valence-electron chi connectivity index (χ3n) is 8.49. The fourth-order valence-electron chi connectivity index (χ4n) is 5.92. The van der Waals surface area contributed by atoms with Crippen LogP contribution in [0.2, 0.25) is 5.02 Å². The van der Waals surface area contributed by atoms with Gasteiger partial charge in [-0.25, -0.2) is 8.42 Å². The number of rotatable bonds is 9. The molecular weight excluding hydrogens is 564 g/mol. The van der Waals surface area contributed by atoms with E-state index in [4.69, 9.17) is 16.3 Å². The first-order valence-electron chi connectivity index (χ1n) is 14.3. The molecule has 2 aliphatic rings. The molecule has 222 valence electrons. The molecular formula is C30H39ClN4O5S. The second-order valence-electron chi connectivity index (χ2n) is 11.1. The highest BCUT2D eigenvalue weighted by molar-refractivity contribution is 7.92. The van der Waals surface area contributed by atoms with Crippen LogP contribution >= 0.6 is 11.6 Å². The van der Waals surface area contributed by atoms with Crippen molar-refractivity contribution < 1.29 is 23.1 Å². The maximum atomic E-state index is 13.9. The largest absolute Gasteiger partial charge is 0.390 e. The number of sulfonamides is 1. The third kappa shape index (κ3) is 6.27. The van der Waals surface area contributed by atoms with E-state index in [9.17, 15) is 18.3 Å². The van der Waals surface area contributed by atoms with Gasteiger partial charge in [0.1, 0.15) is 0 Å². The molecule has 41 heavy (non-hydrogen) atoms. The summed E-state index contributed by atoms with van der Waals surface area (Å²) in [6.45, 7) is 6.03. The summed E-state index contributed by atoms with van der Waals surface area (Å²) in [4.78, 5) is 13.9. The number of amides is 1. The van der Waals surface area contributed by atoms with Crippen molar-refractivity contribution in [2.45, 2.75) is 63.8 Å². The molecule has 0 bridgehead atoms. The van der Waals surface area contributed by atoms with Gasteiger partial charge in [-0.15, -0.1) is 0 Å². The number of nitrogens with one attached hydrogen (secondary N) is 2. The second-order valence-corrected chi connectivity index (χ2v) is 13.6. The number of anilines is 1. The Hall–Kier alpha value is -2.63. The van der Waals surface area contributed by atoms with Crippen LogP contribution in [0.25, 0.3) is 10.9 Å². The summed E-state index contributed by atoms with van der Waals surface area (Å²) >= 11 is 6.28. The highest BCUT2D eigenvalue weighted by atomic mass is 35.5. The number of ether oxygens (including phenoxy) is 1. The predicted octanol–water partition coefficient (Wildman–Crippen LogP) is 3.67. The second kappa shape index (κ2) is 12.3. The topological polar surface area (TPSA) is 113 Å². The Morgan fingerprint density at radius 3 is 2.68 bits per heavy atom. The van der Waals surface area contributed by atoms with Crippen LogP contribution in [0.3, 0.4) is 0 Å². The van der Waals surface area contributed by atoms with Crippen LogP contribution in [-0.4, -0.2) is 74.7 Å². The minimum Gasteiger partial charge on any atom is -0.390 e. The van der Waals surface area contributed by atoms with Crippen LogP contribution < -0.4 is 14.9 Å². The minimum atomic E-state index is -3.54. The molecule has 0 aliphatic carbocycles. The Bertz CT molecular complexity index is 1520. The van der Waals surface area contributed by atoms with Crippen molar-refractivity contribution in [3.8, 4) is 0 Å².